The van der Waals surface area contributed by atoms with Gasteiger partial charge in [-0.25, -0.2) is 4.79 Å². The van der Waals surface area contributed by atoms with Crippen LogP contribution in [-0.4, -0.2) is 56.5 Å². The Labute approximate surface area is 230 Å². The number of alkyl halides is 6. The molecular formula is C26H19BF6O7S. The fourth-order valence-corrected chi connectivity index (χ4v) is 5.46. The lowest BCUT2D eigenvalue weighted by Gasteiger charge is -2.35. The standard InChI is InChI=1S/C26H19BF6O7S/c27-12-14-9-10-19(22(34)40-24(25(28,29)30,26(31,32)33)13-41(36,37)38)20(11-14)39-23(35)21-17-7-3-1-5-15(17)16-6-2-4-8-18(16)21/h1-11,21H,12-13,27H2,(H,36,37,38). The highest BCUT2D eigenvalue weighted by molar-refractivity contribution is 7.85. The molecule has 0 fully saturated rings. The molecule has 15 heteroatoms. The van der Waals surface area contributed by atoms with E-state index in [1.165, 1.54) is 6.07 Å². The summed E-state index contributed by atoms with van der Waals surface area (Å²) in [6.07, 6.45) is -12.8. The van der Waals surface area contributed by atoms with Crippen LogP contribution in [-0.2, 0) is 26.0 Å². The zero-order valence-electron chi connectivity index (χ0n) is 20.9. The number of hydrogen-bond donors (Lipinski definition) is 1. The largest absolute Gasteiger partial charge is 0.438 e. The van der Waals surface area contributed by atoms with Crippen LogP contribution in [0.3, 0.4) is 0 Å². The van der Waals surface area contributed by atoms with Gasteiger partial charge in [0.1, 0.15) is 30.8 Å². The highest BCUT2D eigenvalue weighted by Crippen LogP contribution is 2.48. The molecule has 1 N–H and O–H groups in total. The van der Waals surface area contributed by atoms with Crippen LogP contribution in [0.2, 0.25) is 0 Å². The summed E-state index contributed by atoms with van der Waals surface area (Å²) >= 11 is 0. The van der Waals surface area contributed by atoms with Crippen molar-refractivity contribution in [2.75, 3.05) is 5.75 Å². The van der Waals surface area contributed by atoms with E-state index in [9.17, 15) is 44.3 Å². The molecule has 216 valence electrons. The number of fused-ring (bicyclic) bond motifs is 3. The molecule has 1 aliphatic rings. The molecule has 0 atom stereocenters. The predicted octanol–water partition coefficient (Wildman–Crippen LogP) is 4.45. The van der Waals surface area contributed by atoms with Crippen LogP contribution >= 0.6 is 0 Å². The van der Waals surface area contributed by atoms with Crippen molar-refractivity contribution in [3.8, 4) is 16.9 Å². The highest BCUT2D eigenvalue weighted by Gasteiger charge is 2.76. The van der Waals surface area contributed by atoms with Crippen LogP contribution in [0.1, 0.15) is 33.0 Å². The predicted molar refractivity (Wildman–Crippen MR) is 135 cm³/mol. The number of carbonyl (C=O) groups excluding carboxylic acids is 2. The van der Waals surface area contributed by atoms with Crippen molar-refractivity contribution in [2.24, 2.45) is 0 Å². The smallest absolute Gasteiger partial charge is 0.434 e. The molecule has 1 aliphatic carbocycles. The SMILES string of the molecule is BCc1ccc(C(=O)OC(CS(=O)(=O)O)(C(F)(F)F)C(F)(F)F)c(OC(=O)C2c3ccccc3-c3ccccc32)c1. The first-order chi connectivity index (χ1) is 19.0. The molecule has 0 bridgehead atoms. The molecule has 0 spiro atoms. The Bertz CT molecular complexity index is 1560. The molecule has 0 heterocycles. The van der Waals surface area contributed by atoms with Crippen molar-refractivity contribution in [1.82, 2.24) is 0 Å². The van der Waals surface area contributed by atoms with E-state index in [2.05, 4.69) is 4.74 Å². The quantitative estimate of drug-likeness (QED) is 0.141. The lowest BCUT2D eigenvalue weighted by atomic mass is 9.95. The first kappa shape index (κ1) is 30.1. The maximum Gasteiger partial charge on any atom is 0.438 e. The molecule has 4 rings (SSSR count). The number of ether oxygens (including phenoxy) is 2. The van der Waals surface area contributed by atoms with Gasteiger partial charge in [0.05, 0.1) is 0 Å². The minimum absolute atomic E-state index is 0.271. The molecule has 0 amide bonds. The fraction of sp³-hybridized carbons (Fsp3) is 0.231. The van der Waals surface area contributed by atoms with E-state index < -0.39 is 63.0 Å². The van der Waals surface area contributed by atoms with E-state index >= 15 is 0 Å². The van der Waals surface area contributed by atoms with E-state index in [0.29, 0.717) is 27.8 Å². The Morgan fingerprint density at radius 3 is 1.83 bits per heavy atom. The third-order valence-electron chi connectivity index (χ3n) is 6.52. The Kier molecular flexibility index (Phi) is 7.73. The molecule has 0 radical (unpaired) electrons. The first-order valence-corrected chi connectivity index (χ1v) is 13.4. The third kappa shape index (κ3) is 5.68. The molecule has 0 aliphatic heterocycles. The van der Waals surface area contributed by atoms with Crippen LogP contribution < -0.4 is 4.74 Å². The van der Waals surface area contributed by atoms with Gasteiger partial charge in [-0.15, -0.1) is 0 Å². The number of halogens is 6. The van der Waals surface area contributed by atoms with Crippen LogP contribution in [0.4, 0.5) is 26.3 Å². The van der Waals surface area contributed by atoms with Crippen molar-refractivity contribution in [2.45, 2.75) is 30.2 Å². The van der Waals surface area contributed by atoms with Gasteiger partial charge in [-0.2, -0.15) is 34.8 Å². The van der Waals surface area contributed by atoms with Gasteiger partial charge in [-0.05, 0) is 34.4 Å². The molecule has 41 heavy (non-hydrogen) atoms. The van der Waals surface area contributed by atoms with Crippen molar-refractivity contribution in [3.05, 3.63) is 89.0 Å². The third-order valence-corrected chi connectivity index (χ3v) is 7.29. The van der Waals surface area contributed by atoms with Crippen LogP contribution in [0.25, 0.3) is 11.1 Å². The van der Waals surface area contributed by atoms with Crippen molar-refractivity contribution in [1.29, 1.82) is 0 Å². The normalized spacial score (nSPS) is 13.8. The summed E-state index contributed by atoms with van der Waals surface area (Å²) in [5.41, 5.74) is -3.78. The first-order valence-electron chi connectivity index (χ1n) is 11.8. The van der Waals surface area contributed by atoms with E-state index in [1.54, 1.807) is 56.4 Å². The molecule has 3 aromatic carbocycles. The average Bonchev–Trinajstić information content (AvgIpc) is 3.20. The molecule has 3 aromatic rings. The number of rotatable bonds is 7. The molecular weight excluding hydrogens is 581 g/mol. The average molecular weight is 600 g/mol. The van der Waals surface area contributed by atoms with Crippen LogP contribution in [0, 0.1) is 0 Å². The van der Waals surface area contributed by atoms with Gasteiger partial charge >= 0.3 is 29.9 Å². The molecule has 0 unspecified atom stereocenters. The zero-order chi connectivity index (χ0) is 30.4. The summed E-state index contributed by atoms with van der Waals surface area (Å²) in [7, 11) is -4.34. The second kappa shape index (κ2) is 10.5. The Hall–Kier alpha value is -3.85. The van der Waals surface area contributed by atoms with Crippen LogP contribution in [0.5, 0.6) is 5.75 Å². The van der Waals surface area contributed by atoms with E-state index in [4.69, 9.17) is 9.29 Å². The lowest BCUT2D eigenvalue weighted by molar-refractivity contribution is -0.356. The Balaban J connectivity index is 1.76. The Morgan fingerprint density at radius 2 is 1.37 bits per heavy atom. The van der Waals surface area contributed by atoms with Gasteiger partial charge in [0.2, 0.25) is 0 Å². The van der Waals surface area contributed by atoms with Crippen molar-refractivity contribution >= 4 is 29.9 Å². The second-order valence-corrected chi connectivity index (χ2v) is 10.6. The summed E-state index contributed by atoms with van der Waals surface area (Å²) in [6.45, 7) is 0. The minimum Gasteiger partial charge on any atom is -0.434 e. The van der Waals surface area contributed by atoms with Gasteiger partial charge in [0, 0.05) is 0 Å². The zero-order valence-corrected chi connectivity index (χ0v) is 21.7. The summed E-state index contributed by atoms with van der Waals surface area (Å²) < 4.78 is 123. The van der Waals surface area contributed by atoms with E-state index in [0.717, 1.165) is 12.1 Å². The monoisotopic (exact) mass is 600 g/mol. The van der Waals surface area contributed by atoms with Gasteiger partial charge in [-0.3, -0.25) is 9.35 Å². The van der Waals surface area contributed by atoms with Gasteiger partial charge in [-0.1, -0.05) is 66.5 Å². The maximum absolute atomic E-state index is 13.7. The number of carbonyl (C=O) groups is 2. The summed E-state index contributed by atoms with van der Waals surface area (Å²) in [5.74, 6) is -8.07. The van der Waals surface area contributed by atoms with E-state index in [-0.39, 0.29) is 6.32 Å². The summed E-state index contributed by atoms with van der Waals surface area (Å²) in [6, 6.07) is 16.7. The maximum atomic E-state index is 13.7. The molecule has 0 aromatic heterocycles. The van der Waals surface area contributed by atoms with E-state index in [1.807, 2.05) is 0 Å². The molecule has 0 saturated heterocycles. The summed E-state index contributed by atoms with van der Waals surface area (Å²) in [5, 5.41) is 0. The topological polar surface area (TPSA) is 107 Å². The highest BCUT2D eigenvalue weighted by atomic mass is 32.2. The Morgan fingerprint density at radius 1 is 0.854 bits per heavy atom. The minimum atomic E-state index is -6.52. The summed E-state index contributed by atoms with van der Waals surface area (Å²) in [4.78, 5) is 26.3. The number of esters is 2. The number of hydrogen-bond acceptors (Lipinski definition) is 6. The number of benzene rings is 3. The molecule has 0 saturated carbocycles. The van der Waals surface area contributed by atoms with Crippen LogP contribution in [0.15, 0.2) is 66.7 Å². The van der Waals surface area contributed by atoms with Crippen molar-refractivity contribution in [3.63, 3.8) is 0 Å². The van der Waals surface area contributed by atoms with Gasteiger partial charge in [0.25, 0.3) is 10.1 Å². The van der Waals surface area contributed by atoms with Gasteiger partial charge < -0.3 is 9.47 Å². The fourth-order valence-electron chi connectivity index (χ4n) is 4.56. The second-order valence-electron chi connectivity index (χ2n) is 9.15. The van der Waals surface area contributed by atoms with Gasteiger partial charge in [0.15, 0.2) is 0 Å². The molecule has 7 nitrogen and oxygen atoms in total. The van der Waals surface area contributed by atoms with Crippen molar-refractivity contribution < 1.29 is 58.4 Å². The lowest BCUT2D eigenvalue weighted by Crippen LogP contribution is -2.63.